The summed E-state index contributed by atoms with van der Waals surface area (Å²) in [7, 11) is 0. The first-order valence-corrected chi connectivity index (χ1v) is 5.47. The number of aromatic nitrogens is 2. The fourth-order valence-corrected chi connectivity index (χ4v) is 1.86. The van der Waals surface area contributed by atoms with Crippen LogP contribution in [0.1, 0.15) is 18.5 Å². The minimum Gasteiger partial charge on any atom is -0.395 e. The molecule has 82 valence electrons. The van der Waals surface area contributed by atoms with Crippen LogP contribution < -0.4 is 4.90 Å². The van der Waals surface area contributed by atoms with E-state index in [1.807, 2.05) is 13.0 Å². The van der Waals surface area contributed by atoms with E-state index in [0.29, 0.717) is 12.6 Å². The van der Waals surface area contributed by atoms with Gasteiger partial charge in [0.15, 0.2) is 0 Å². The van der Waals surface area contributed by atoms with Gasteiger partial charge in [-0.2, -0.15) is 0 Å². The van der Waals surface area contributed by atoms with Gasteiger partial charge in [-0.15, -0.1) is 0 Å². The van der Waals surface area contributed by atoms with Crippen LogP contribution in [0.2, 0.25) is 5.28 Å². The average molecular weight is 228 g/mol. The number of nitrogens with zero attached hydrogens (tertiary/aromatic N) is 3. The summed E-state index contributed by atoms with van der Waals surface area (Å²) < 4.78 is 0. The highest BCUT2D eigenvalue weighted by Gasteiger charge is 2.29. The van der Waals surface area contributed by atoms with Gasteiger partial charge in [-0.25, -0.2) is 9.97 Å². The molecule has 2 rings (SSSR count). The number of aliphatic hydroxyl groups is 1. The van der Waals surface area contributed by atoms with E-state index in [-0.39, 0.29) is 11.9 Å². The Morgan fingerprint density at radius 2 is 2.27 bits per heavy atom. The summed E-state index contributed by atoms with van der Waals surface area (Å²) in [6.07, 6.45) is 2.33. The fourth-order valence-electron chi connectivity index (χ4n) is 1.64. The maximum absolute atomic E-state index is 9.00. The van der Waals surface area contributed by atoms with Gasteiger partial charge in [-0.3, -0.25) is 0 Å². The molecule has 1 heterocycles. The van der Waals surface area contributed by atoms with E-state index in [0.717, 1.165) is 11.5 Å². The molecule has 0 amide bonds. The molecule has 1 aromatic heterocycles. The Labute approximate surface area is 93.9 Å². The normalized spacial score (nSPS) is 15.4. The molecule has 0 aromatic carbocycles. The van der Waals surface area contributed by atoms with Crippen molar-refractivity contribution in [3.8, 4) is 0 Å². The van der Waals surface area contributed by atoms with Crippen molar-refractivity contribution in [1.82, 2.24) is 9.97 Å². The molecule has 1 aromatic rings. The lowest BCUT2D eigenvalue weighted by Gasteiger charge is -2.22. The number of hydrogen-bond donors (Lipinski definition) is 1. The van der Waals surface area contributed by atoms with Crippen molar-refractivity contribution in [3.05, 3.63) is 17.0 Å². The molecule has 0 bridgehead atoms. The monoisotopic (exact) mass is 227 g/mol. The summed E-state index contributed by atoms with van der Waals surface area (Å²) in [6, 6.07) is 2.42. The van der Waals surface area contributed by atoms with Crippen molar-refractivity contribution in [1.29, 1.82) is 0 Å². The molecule has 4 nitrogen and oxygen atoms in total. The zero-order valence-corrected chi connectivity index (χ0v) is 9.41. The van der Waals surface area contributed by atoms with Crippen LogP contribution in [0.25, 0.3) is 0 Å². The minimum atomic E-state index is 0.136. The van der Waals surface area contributed by atoms with Gasteiger partial charge in [0.05, 0.1) is 6.61 Å². The van der Waals surface area contributed by atoms with Gasteiger partial charge in [0, 0.05) is 24.3 Å². The topological polar surface area (TPSA) is 49.2 Å². The van der Waals surface area contributed by atoms with Gasteiger partial charge >= 0.3 is 0 Å². The molecule has 1 saturated carbocycles. The second kappa shape index (κ2) is 4.33. The van der Waals surface area contributed by atoms with Gasteiger partial charge < -0.3 is 10.0 Å². The van der Waals surface area contributed by atoms with Crippen LogP contribution in [-0.2, 0) is 0 Å². The fraction of sp³-hybridized carbons (Fsp3) is 0.600. The second-order valence-electron chi connectivity index (χ2n) is 3.78. The van der Waals surface area contributed by atoms with Crippen molar-refractivity contribution in [3.63, 3.8) is 0 Å². The van der Waals surface area contributed by atoms with Crippen molar-refractivity contribution in [2.24, 2.45) is 0 Å². The zero-order valence-electron chi connectivity index (χ0n) is 8.65. The molecule has 15 heavy (non-hydrogen) atoms. The second-order valence-corrected chi connectivity index (χ2v) is 4.12. The highest BCUT2D eigenvalue weighted by molar-refractivity contribution is 6.28. The molecular formula is C10H14ClN3O. The van der Waals surface area contributed by atoms with Gasteiger partial charge in [-0.1, -0.05) is 0 Å². The lowest BCUT2D eigenvalue weighted by molar-refractivity contribution is 0.301. The van der Waals surface area contributed by atoms with Crippen molar-refractivity contribution in [2.45, 2.75) is 25.8 Å². The Kier molecular flexibility index (Phi) is 3.07. The third-order valence-corrected chi connectivity index (χ3v) is 2.61. The summed E-state index contributed by atoms with van der Waals surface area (Å²) in [5.74, 6) is 0.823. The number of anilines is 1. The van der Waals surface area contributed by atoms with Crippen molar-refractivity contribution in [2.75, 3.05) is 18.1 Å². The van der Waals surface area contributed by atoms with E-state index in [2.05, 4.69) is 14.9 Å². The third kappa shape index (κ3) is 2.58. The van der Waals surface area contributed by atoms with E-state index in [4.69, 9.17) is 16.7 Å². The Bertz CT molecular complexity index is 334. The zero-order chi connectivity index (χ0) is 10.8. The molecule has 1 N–H and O–H groups in total. The largest absolute Gasteiger partial charge is 0.395 e. The third-order valence-electron chi connectivity index (χ3n) is 2.44. The molecule has 0 aliphatic heterocycles. The first-order valence-electron chi connectivity index (χ1n) is 5.09. The molecule has 5 heteroatoms. The lowest BCUT2D eigenvalue weighted by atomic mass is 10.4. The molecule has 1 aliphatic rings. The maximum Gasteiger partial charge on any atom is 0.224 e. The van der Waals surface area contributed by atoms with E-state index in [9.17, 15) is 0 Å². The van der Waals surface area contributed by atoms with Crippen LogP contribution in [-0.4, -0.2) is 34.3 Å². The van der Waals surface area contributed by atoms with Gasteiger partial charge in [0.1, 0.15) is 5.82 Å². The molecule has 0 spiro atoms. The van der Waals surface area contributed by atoms with Crippen molar-refractivity contribution < 1.29 is 5.11 Å². The number of aliphatic hydroxyl groups excluding tert-OH is 1. The van der Waals surface area contributed by atoms with Crippen molar-refractivity contribution >= 4 is 17.4 Å². The molecule has 0 radical (unpaired) electrons. The minimum absolute atomic E-state index is 0.136. The summed E-state index contributed by atoms with van der Waals surface area (Å²) in [5.41, 5.74) is 0.855. The molecule has 0 atom stereocenters. The predicted molar refractivity (Wildman–Crippen MR) is 59.2 cm³/mol. The molecule has 1 aliphatic carbocycles. The SMILES string of the molecule is Cc1cc(N(CCO)C2CC2)nc(Cl)n1. The van der Waals surface area contributed by atoms with Crippen LogP contribution in [0.5, 0.6) is 0 Å². The smallest absolute Gasteiger partial charge is 0.224 e. The Hall–Kier alpha value is -0.870. The number of rotatable bonds is 4. The van der Waals surface area contributed by atoms with Gasteiger partial charge in [0.25, 0.3) is 0 Å². The Morgan fingerprint density at radius 3 is 2.80 bits per heavy atom. The van der Waals surface area contributed by atoms with Crippen LogP contribution in [0.3, 0.4) is 0 Å². The summed E-state index contributed by atoms with van der Waals surface area (Å²) >= 11 is 5.81. The quantitative estimate of drug-likeness (QED) is 0.790. The van der Waals surface area contributed by atoms with Crippen LogP contribution >= 0.6 is 11.6 Å². The van der Waals surface area contributed by atoms with E-state index >= 15 is 0 Å². The average Bonchev–Trinajstić information content (AvgIpc) is 2.95. The molecule has 0 unspecified atom stereocenters. The van der Waals surface area contributed by atoms with Crippen LogP contribution in [0, 0.1) is 6.92 Å². The summed E-state index contributed by atoms with van der Waals surface area (Å²) in [6.45, 7) is 2.63. The number of hydrogen-bond acceptors (Lipinski definition) is 4. The standard InChI is InChI=1S/C10H14ClN3O/c1-7-6-9(13-10(11)12-7)14(4-5-15)8-2-3-8/h6,8,15H,2-5H2,1H3. The molecule has 0 saturated heterocycles. The maximum atomic E-state index is 9.00. The predicted octanol–water partition coefficient (Wildman–Crippen LogP) is 1.40. The Balaban J connectivity index is 2.24. The van der Waals surface area contributed by atoms with Gasteiger partial charge in [-0.05, 0) is 31.4 Å². The van der Waals surface area contributed by atoms with E-state index in [1.54, 1.807) is 0 Å². The first-order chi connectivity index (χ1) is 7.20. The molecule has 1 fully saturated rings. The number of aryl methyl sites for hydroxylation is 1. The van der Waals surface area contributed by atoms with Gasteiger partial charge in [0.2, 0.25) is 5.28 Å². The summed E-state index contributed by atoms with van der Waals surface area (Å²) in [5, 5.41) is 9.27. The van der Waals surface area contributed by atoms with Crippen LogP contribution in [0.4, 0.5) is 5.82 Å². The van der Waals surface area contributed by atoms with E-state index < -0.39 is 0 Å². The Morgan fingerprint density at radius 1 is 1.53 bits per heavy atom. The van der Waals surface area contributed by atoms with E-state index in [1.165, 1.54) is 12.8 Å². The first kappa shape index (κ1) is 10.6. The van der Waals surface area contributed by atoms with Crippen LogP contribution in [0.15, 0.2) is 6.07 Å². The molecular weight excluding hydrogens is 214 g/mol. The summed E-state index contributed by atoms with van der Waals surface area (Å²) in [4.78, 5) is 10.3. The highest BCUT2D eigenvalue weighted by Crippen LogP contribution is 2.30. The lowest BCUT2D eigenvalue weighted by Crippen LogP contribution is -2.29. The highest BCUT2D eigenvalue weighted by atomic mass is 35.5. The number of halogens is 1.